The molecule has 74 valence electrons. The van der Waals surface area contributed by atoms with Crippen LogP contribution in [-0.4, -0.2) is 16.6 Å². The summed E-state index contributed by atoms with van der Waals surface area (Å²) in [7, 11) is 0. The summed E-state index contributed by atoms with van der Waals surface area (Å²) >= 11 is 0. The van der Waals surface area contributed by atoms with E-state index >= 15 is 0 Å². The number of carboxylic acids is 1. The van der Waals surface area contributed by atoms with Gasteiger partial charge in [0.1, 0.15) is 0 Å². The number of aliphatic carboxylic acids is 1. The molecule has 1 aliphatic carbocycles. The Kier molecular flexibility index (Phi) is 3.48. The number of carboxylic acid groups (broad SMARTS) is 1. The van der Waals surface area contributed by atoms with Crippen molar-refractivity contribution in [2.24, 2.45) is 5.73 Å². The monoisotopic (exact) mass is 183 g/mol. The lowest BCUT2D eigenvalue weighted by atomic mass is 9.93. The van der Waals surface area contributed by atoms with Gasteiger partial charge in [0.25, 0.3) is 0 Å². The van der Waals surface area contributed by atoms with Crippen LogP contribution < -0.4 is 5.73 Å². The summed E-state index contributed by atoms with van der Waals surface area (Å²) in [5.41, 5.74) is 6.08. The van der Waals surface area contributed by atoms with Crippen LogP contribution in [0.4, 0.5) is 0 Å². The van der Waals surface area contributed by atoms with Crippen molar-refractivity contribution in [3.8, 4) is 0 Å². The van der Waals surface area contributed by atoms with E-state index in [1.165, 1.54) is 18.9 Å². The molecule has 0 spiro atoms. The first-order valence-corrected chi connectivity index (χ1v) is 4.81. The normalized spacial score (nSPS) is 21.0. The lowest BCUT2D eigenvalue weighted by Gasteiger charge is -2.22. The van der Waals surface area contributed by atoms with Gasteiger partial charge in [0.05, 0.1) is 0 Å². The molecule has 0 radical (unpaired) electrons. The zero-order valence-corrected chi connectivity index (χ0v) is 7.83. The van der Waals surface area contributed by atoms with Gasteiger partial charge in [0, 0.05) is 11.6 Å². The molecule has 0 unspecified atom stereocenters. The minimum absolute atomic E-state index is 0.0111. The van der Waals surface area contributed by atoms with Crippen LogP contribution in [0.25, 0.3) is 0 Å². The maximum absolute atomic E-state index is 10.2. The standard InChI is InChI=1S/C10H17NO2/c11-10(7-3-4-8-10)6-2-1-5-9(12)13/h1,5H,2-4,6-8,11H2,(H,12,13)/b5-1+. The zero-order chi connectivity index (χ0) is 9.73. The molecular formula is C10H17NO2. The highest BCUT2D eigenvalue weighted by Gasteiger charge is 2.27. The van der Waals surface area contributed by atoms with Crippen LogP contribution in [0.1, 0.15) is 38.5 Å². The molecule has 1 rings (SSSR count). The first-order valence-electron chi connectivity index (χ1n) is 4.81. The maximum Gasteiger partial charge on any atom is 0.327 e. The predicted octanol–water partition coefficient (Wildman–Crippen LogP) is 1.68. The molecule has 0 bridgehead atoms. The third-order valence-electron chi connectivity index (χ3n) is 2.67. The summed E-state index contributed by atoms with van der Waals surface area (Å²) in [6.07, 6.45) is 9.20. The second kappa shape index (κ2) is 4.42. The first kappa shape index (κ1) is 10.3. The van der Waals surface area contributed by atoms with E-state index in [0.29, 0.717) is 0 Å². The van der Waals surface area contributed by atoms with Gasteiger partial charge in [-0.2, -0.15) is 0 Å². The number of allylic oxidation sites excluding steroid dienone is 1. The van der Waals surface area contributed by atoms with Crippen molar-refractivity contribution in [3.63, 3.8) is 0 Å². The molecule has 1 saturated carbocycles. The Hall–Kier alpha value is -0.830. The number of hydrogen-bond donors (Lipinski definition) is 2. The van der Waals surface area contributed by atoms with E-state index in [9.17, 15) is 4.79 Å². The average Bonchev–Trinajstić information content (AvgIpc) is 2.47. The molecule has 3 heteroatoms. The molecule has 0 aromatic carbocycles. The molecule has 13 heavy (non-hydrogen) atoms. The Labute approximate surface area is 78.6 Å². The quantitative estimate of drug-likeness (QED) is 0.652. The van der Waals surface area contributed by atoms with E-state index in [1.807, 2.05) is 0 Å². The van der Waals surface area contributed by atoms with Gasteiger partial charge in [0.15, 0.2) is 0 Å². The van der Waals surface area contributed by atoms with Crippen LogP contribution in [0, 0.1) is 0 Å². The van der Waals surface area contributed by atoms with Crippen molar-refractivity contribution in [1.29, 1.82) is 0 Å². The Morgan fingerprint density at radius 1 is 1.46 bits per heavy atom. The molecule has 3 nitrogen and oxygen atoms in total. The fourth-order valence-electron chi connectivity index (χ4n) is 1.88. The van der Waals surface area contributed by atoms with E-state index < -0.39 is 5.97 Å². The molecule has 1 aliphatic rings. The van der Waals surface area contributed by atoms with Crippen molar-refractivity contribution in [2.75, 3.05) is 0 Å². The third kappa shape index (κ3) is 3.59. The van der Waals surface area contributed by atoms with Crippen LogP contribution >= 0.6 is 0 Å². The molecule has 0 aliphatic heterocycles. The smallest absolute Gasteiger partial charge is 0.327 e. The number of nitrogens with two attached hydrogens (primary N) is 1. The summed E-state index contributed by atoms with van der Waals surface area (Å²) in [5, 5.41) is 8.35. The summed E-state index contributed by atoms with van der Waals surface area (Å²) < 4.78 is 0. The largest absolute Gasteiger partial charge is 0.478 e. The van der Waals surface area contributed by atoms with Gasteiger partial charge in [-0.25, -0.2) is 4.79 Å². The predicted molar refractivity (Wildman–Crippen MR) is 51.4 cm³/mol. The lowest BCUT2D eigenvalue weighted by molar-refractivity contribution is -0.131. The van der Waals surface area contributed by atoms with Crippen LogP contribution in [0.2, 0.25) is 0 Å². The van der Waals surface area contributed by atoms with Gasteiger partial charge in [-0.1, -0.05) is 18.9 Å². The number of carbonyl (C=O) groups is 1. The van der Waals surface area contributed by atoms with Crippen molar-refractivity contribution in [2.45, 2.75) is 44.1 Å². The Morgan fingerprint density at radius 2 is 2.08 bits per heavy atom. The van der Waals surface area contributed by atoms with Gasteiger partial charge in [-0.15, -0.1) is 0 Å². The van der Waals surface area contributed by atoms with Crippen LogP contribution in [0.3, 0.4) is 0 Å². The Balaban J connectivity index is 2.21. The van der Waals surface area contributed by atoms with E-state index in [4.69, 9.17) is 10.8 Å². The summed E-state index contributed by atoms with van der Waals surface area (Å²) in [5.74, 6) is -0.877. The molecule has 0 aromatic rings. The maximum atomic E-state index is 10.2. The lowest BCUT2D eigenvalue weighted by Crippen LogP contribution is -2.35. The van der Waals surface area contributed by atoms with E-state index in [-0.39, 0.29) is 5.54 Å². The minimum atomic E-state index is -0.877. The fourth-order valence-corrected chi connectivity index (χ4v) is 1.88. The summed E-state index contributed by atoms with van der Waals surface area (Å²) in [6.45, 7) is 0. The molecule has 3 N–H and O–H groups in total. The Morgan fingerprint density at radius 3 is 2.62 bits per heavy atom. The topological polar surface area (TPSA) is 63.3 Å². The first-order chi connectivity index (χ1) is 6.12. The molecule has 0 aromatic heterocycles. The summed E-state index contributed by atoms with van der Waals surface area (Å²) in [4.78, 5) is 10.2. The van der Waals surface area contributed by atoms with Gasteiger partial charge >= 0.3 is 5.97 Å². The minimum Gasteiger partial charge on any atom is -0.478 e. The van der Waals surface area contributed by atoms with E-state index in [1.54, 1.807) is 6.08 Å². The number of rotatable bonds is 4. The van der Waals surface area contributed by atoms with Gasteiger partial charge in [-0.3, -0.25) is 0 Å². The molecule has 0 saturated heterocycles. The second-order valence-corrected chi connectivity index (χ2v) is 3.85. The van der Waals surface area contributed by atoms with Crippen molar-refractivity contribution in [1.82, 2.24) is 0 Å². The van der Waals surface area contributed by atoms with E-state index in [0.717, 1.165) is 25.7 Å². The molecule has 0 amide bonds. The highest BCUT2D eigenvalue weighted by molar-refractivity contribution is 5.79. The van der Waals surface area contributed by atoms with Crippen molar-refractivity contribution < 1.29 is 9.90 Å². The van der Waals surface area contributed by atoms with Crippen LogP contribution in [-0.2, 0) is 4.79 Å². The third-order valence-corrected chi connectivity index (χ3v) is 2.67. The fraction of sp³-hybridized carbons (Fsp3) is 0.700. The van der Waals surface area contributed by atoms with Gasteiger partial charge < -0.3 is 10.8 Å². The molecule has 1 fully saturated rings. The van der Waals surface area contributed by atoms with Crippen LogP contribution in [0.5, 0.6) is 0 Å². The van der Waals surface area contributed by atoms with Crippen molar-refractivity contribution in [3.05, 3.63) is 12.2 Å². The highest BCUT2D eigenvalue weighted by atomic mass is 16.4. The van der Waals surface area contributed by atoms with Crippen LogP contribution in [0.15, 0.2) is 12.2 Å². The van der Waals surface area contributed by atoms with Gasteiger partial charge in [-0.05, 0) is 25.7 Å². The SMILES string of the molecule is NC1(CC/C=C/C(=O)O)CCCC1. The van der Waals surface area contributed by atoms with Gasteiger partial charge in [0.2, 0.25) is 0 Å². The summed E-state index contributed by atoms with van der Waals surface area (Å²) in [6, 6.07) is 0. The Bertz CT molecular complexity index is 205. The average molecular weight is 183 g/mol. The molecule has 0 heterocycles. The molecule has 0 atom stereocenters. The zero-order valence-electron chi connectivity index (χ0n) is 7.83. The van der Waals surface area contributed by atoms with E-state index in [2.05, 4.69) is 0 Å². The number of hydrogen-bond acceptors (Lipinski definition) is 2. The molecular weight excluding hydrogens is 166 g/mol. The second-order valence-electron chi connectivity index (χ2n) is 3.85. The highest BCUT2D eigenvalue weighted by Crippen LogP contribution is 2.30. The van der Waals surface area contributed by atoms with Crippen molar-refractivity contribution >= 4 is 5.97 Å².